The Labute approximate surface area is 155 Å². The first kappa shape index (κ1) is 17.5. The second-order valence-electron chi connectivity index (χ2n) is 7.70. The van der Waals surface area contributed by atoms with Gasteiger partial charge >= 0.3 is 0 Å². The Hall–Kier alpha value is -0.910. The maximum Gasteiger partial charge on any atom is 0.264 e. The van der Waals surface area contributed by atoms with Crippen LogP contribution in [0.3, 0.4) is 0 Å². The second kappa shape index (κ2) is 8.19. The molecule has 1 aromatic rings. The molecule has 0 bridgehead atoms. The maximum absolute atomic E-state index is 12.9. The van der Waals surface area contributed by atoms with E-state index in [1.807, 2.05) is 0 Å². The summed E-state index contributed by atoms with van der Waals surface area (Å²) in [7, 11) is 0. The van der Waals surface area contributed by atoms with Gasteiger partial charge in [-0.3, -0.25) is 9.69 Å². The van der Waals surface area contributed by atoms with Crippen LogP contribution in [-0.2, 0) is 17.6 Å². The van der Waals surface area contributed by atoms with Gasteiger partial charge in [-0.15, -0.1) is 11.3 Å². The first-order valence-electron chi connectivity index (χ1n) is 10.0. The summed E-state index contributed by atoms with van der Waals surface area (Å²) in [5.74, 6) is 0.258. The van der Waals surface area contributed by atoms with Crippen LogP contribution in [0.1, 0.15) is 58.6 Å². The van der Waals surface area contributed by atoms with Crippen molar-refractivity contribution in [1.82, 2.24) is 9.80 Å². The lowest BCUT2D eigenvalue weighted by Gasteiger charge is -2.35. The zero-order chi connectivity index (χ0) is 17.1. The van der Waals surface area contributed by atoms with E-state index in [2.05, 4.69) is 15.9 Å². The number of fused-ring (bicyclic) bond motifs is 1. The van der Waals surface area contributed by atoms with Gasteiger partial charge in [-0.2, -0.15) is 0 Å². The molecule has 2 fully saturated rings. The van der Waals surface area contributed by atoms with E-state index < -0.39 is 0 Å². The predicted octanol–water partition coefficient (Wildman–Crippen LogP) is 3.34. The molecule has 3 aliphatic rings. The van der Waals surface area contributed by atoms with Gasteiger partial charge in [0.2, 0.25) is 0 Å². The van der Waals surface area contributed by atoms with Gasteiger partial charge in [0.15, 0.2) is 0 Å². The normalized spacial score (nSPS) is 25.4. The fraction of sp³-hybridized carbons (Fsp3) is 0.750. The highest BCUT2D eigenvalue weighted by Crippen LogP contribution is 2.29. The van der Waals surface area contributed by atoms with Crippen LogP contribution in [0.25, 0.3) is 0 Å². The lowest BCUT2D eigenvalue weighted by molar-refractivity contribution is 0.0435. The molecule has 2 saturated heterocycles. The lowest BCUT2D eigenvalue weighted by Crippen LogP contribution is -2.50. The Morgan fingerprint density at radius 3 is 2.64 bits per heavy atom. The van der Waals surface area contributed by atoms with Crippen LogP contribution in [0.5, 0.6) is 0 Å². The minimum absolute atomic E-state index is 0.258. The highest BCUT2D eigenvalue weighted by atomic mass is 32.1. The van der Waals surface area contributed by atoms with Crippen LogP contribution in [0, 0.1) is 0 Å². The van der Waals surface area contributed by atoms with Crippen LogP contribution in [0.2, 0.25) is 0 Å². The molecular weight excluding hydrogens is 332 g/mol. The third kappa shape index (κ3) is 4.26. The first-order valence-corrected chi connectivity index (χ1v) is 10.9. The number of amides is 1. The summed E-state index contributed by atoms with van der Waals surface area (Å²) < 4.78 is 5.75. The molecule has 0 spiro atoms. The van der Waals surface area contributed by atoms with Gasteiger partial charge in [0.05, 0.1) is 11.0 Å². The van der Waals surface area contributed by atoms with Crippen LogP contribution in [-0.4, -0.2) is 61.1 Å². The molecule has 4 rings (SSSR count). The summed E-state index contributed by atoms with van der Waals surface area (Å²) in [6.45, 7) is 5.64. The summed E-state index contributed by atoms with van der Waals surface area (Å²) in [5.41, 5.74) is 1.45. The summed E-state index contributed by atoms with van der Waals surface area (Å²) in [4.78, 5) is 19.9. The standard InChI is InChI=1S/C20H30N2O2S/c23-20(19-14-16-6-3-1-2-4-8-18(16)25-19)22-11-9-21(10-12-22)15-17-7-5-13-24-17/h14,17H,1-13,15H2. The maximum atomic E-state index is 12.9. The molecule has 0 radical (unpaired) electrons. The molecule has 2 aliphatic heterocycles. The lowest BCUT2D eigenvalue weighted by atomic mass is 10.00. The molecule has 1 unspecified atom stereocenters. The van der Waals surface area contributed by atoms with Gasteiger partial charge in [0.1, 0.15) is 0 Å². The van der Waals surface area contributed by atoms with Crippen molar-refractivity contribution in [3.05, 3.63) is 21.4 Å². The van der Waals surface area contributed by atoms with Gasteiger partial charge in [-0.05, 0) is 50.2 Å². The van der Waals surface area contributed by atoms with E-state index in [0.717, 1.165) is 50.6 Å². The molecule has 1 atom stereocenters. The first-order chi connectivity index (χ1) is 12.3. The van der Waals surface area contributed by atoms with Crippen LogP contribution < -0.4 is 0 Å². The molecule has 3 heterocycles. The fourth-order valence-corrected chi connectivity index (χ4v) is 5.54. The van der Waals surface area contributed by atoms with Crippen LogP contribution >= 0.6 is 11.3 Å². The van der Waals surface area contributed by atoms with Crippen molar-refractivity contribution in [2.75, 3.05) is 39.3 Å². The zero-order valence-electron chi connectivity index (χ0n) is 15.2. The molecule has 1 amide bonds. The van der Waals surface area contributed by atoms with Crippen molar-refractivity contribution in [3.63, 3.8) is 0 Å². The average molecular weight is 363 g/mol. The van der Waals surface area contributed by atoms with E-state index in [1.54, 1.807) is 11.3 Å². The number of thiophene rings is 1. The molecule has 5 heteroatoms. The SMILES string of the molecule is O=C(c1cc2c(s1)CCCCCC2)N1CCN(CC2CCCO2)CC1. The highest BCUT2D eigenvalue weighted by molar-refractivity contribution is 7.14. The van der Waals surface area contributed by atoms with Gasteiger partial charge in [0, 0.05) is 44.2 Å². The summed E-state index contributed by atoms with van der Waals surface area (Å²) in [6.07, 6.45) is 10.4. The monoisotopic (exact) mass is 362 g/mol. The Kier molecular flexibility index (Phi) is 5.73. The van der Waals surface area contributed by atoms with Crippen LogP contribution in [0.4, 0.5) is 0 Å². The largest absolute Gasteiger partial charge is 0.377 e. The minimum atomic E-state index is 0.258. The molecule has 25 heavy (non-hydrogen) atoms. The van der Waals surface area contributed by atoms with Crippen molar-refractivity contribution < 1.29 is 9.53 Å². The minimum Gasteiger partial charge on any atom is -0.377 e. The molecular formula is C20H30N2O2S. The van der Waals surface area contributed by atoms with Crippen LogP contribution in [0.15, 0.2) is 6.07 Å². The summed E-state index contributed by atoms with van der Waals surface area (Å²) in [5, 5.41) is 0. The van der Waals surface area contributed by atoms with E-state index in [0.29, 0.717) is 6.10 Å². The molecule has 0 aromatic carbocycles. The van der Waals surface area contributed by atoms with E-state index in [4.69, 9.17) is 4.74 Å². The predicted molar refractivity (Wildman–Crippen MR) is 102 cm³/mol. The molecule has 0 saturated carbocycles. The molecule has 4 nitrogen and oxygen atoms in total. The third-order valence-electron chi connectivity index (χ3n) is 5.85. The molecule has 0 N–H and O–H groups in total. The number of hydrogen-bond donors (Lipinski definition) is 0. The number of carbonyl (C=O) groups excluding carboxylic acids is 1. The zero-order valence-corrected chi connectivity index (χ0v) is 16.0. The number of carbonyl (C=O) groups is 1. The molecule has 1 aliphatic carbocycles. The van der Waals surface area contributed by atoms with Gasteiger partial charge in [-0.1, -0.05) is 12.8 Å². The van der Waals surface area contributed by atoms with E-state index >= 15 is 0 Å². The Balaban J connectivity index is 1.33. The van der Waals surface area contributed by atoms with E-state index in [1.165, 1.54) is 55.4 Å². The van der Waals surface area contributed by atoms with Gasteiger partial charge < -0.3 is 9.64 Å². The topological polar surface area (TPSA) is 32.8 Å². The van der Waals surface area contributed by atoms with E-state index in [-0.39, 0.29) is 5.91 Å². The van der Waals surface area contributed by atoms with Crippen molar-refractivity contribution in [2.45, 2.75) is 57.5 Å². The van der Waals surface area contributed by atoms with Crippen molar-refractivity contribution in [2.24, 2.45) is 0 Å². The summed E-state index contributed by atoms with van der Waals surface area (Å²) in [6, 6.07) is 2.20. The number of hydrogen-bond acceptors (Lipinski definition) is 4. The number of nitrogens with zero attached hydrogens (tertiary/aromatic N) is 2. The smallest absolute Gasteiger partial charge is 0.264 e. The average Bonchev–Trinajstić information content (AvgIpc) is 3.25. The van der Waals surface area contributed by atoms with Crippen molar-refractivity contribution >= 4 is 17.2 Å². The van der Waals surface area contributed by atoms with Gasteiger partial charge in [0.25, 0.3) is 5.91 Å². The number of rotatable bonds is 3. The second-order valence-corrected chi connectivity index (χ2v) is 8.84. The van der Waals surface area contributed by atoms with Crippen molar-refractivity contribution in [3.8, 4) is 0 Å². The molecule has 1 aromatic heterocycles. The molecule has 138 valence electrons. The Morgan fingerprint density at radius 1 is 1.08 bits per heavy atom. The highest BCUT2D eigenvalue weighted by Gasteiger charge is 2.26. The Morgan fingerprint density at radius 2 is 1.88 bits per heavy atom. The number of ether oxygens (including phenoxy) is 1. The van der Waals surface area contributed by atoms with Crippen molar-refractivity contribution in [1.29, 1.82) is 0 Å². The fourth-order valence-electron chi connectivity index (χ4n) is 4.32. The summed E-state index contributed by atoms with van der Waals surface area (Å²) >= 11 is 1.76. The third-order valence-corrected chi connectivity index (χ3v) is 7.08. The number of piperazine rings is 1. The van der Waals surface area contributed by atoms with E-state index in [9.17, 15) is 4.79 Å². The number of aryl methyl sites for hydroxylation is 2. The quantitative estimate of drug-likeness (QED) is 0.827. The van der Waals surface area contributed by atoms with Gasteiger partial charge in [-0.25, -0.2) is 0 Å². The Bertz CT molecular complexity index is 561.